The summed E-state index contributed by atoms with van der Waals surface area (Å²) >= 11 is 1.05. The van der Waals surface area contributed by atoms with E-state index in [1.54, 1.807) is 6.92 Å². The minimum absolute atomic E-state index is 0.0370. The maximum atomic E-state index is 13.2. The van der Waals surface area contributed by atoms with E-state index in [9.17, 15) is 13.6 Å². The van der Waals surface area contributed by atoms with Gasteiger partial charge in [-0.3, -0.25) is 4.79 Å². The number of hydrogen-bond acceptors (Lipinski definition) is 2. The fourth-order valence-corrected chi connectivity index (χ4v) is 1.37. The van der Waals surface area contributed by atoms with E-state index in [4.69, 9.17) is 0 Å². The van der Waals surface area contributed by atoms with Gasteiger partial charge in [0, 0.05) is 13.0 Å². The third-order valence-corrected chi connectivity index (χ3v) is 2.51. The summed E-state index contributed by atoms with van der Waals surface area (Å²) in [5, 5.41) is -0.0370. The number of carbonyl (C=O) groups is 1. The smallest absolute Gasteiger partial charge is 0.186 e. The molecule has 0 N–H and O–H groups in total. The van der Waals surface area contributed by atoms with Crippen molar-refractivity contribution in [2.75, 3.05) is 5.75 Å². The van der Waals surface area contributed by atoms with Crippen LogP contribution in [0.3, 0.4) is 0 Å². The van der Waals surface area contributed by atoms with Gasteiger partial charge in [-0.15, -0.1) is 0 Å². The molecule has 0 aliphatic rings. The number of benzene rings is 1. The summed E-state index contributed by atoms with van der Waals surface area (Å²) in [6.45, 7) is 2.99. The van der Waals surface area contributed by atoms with Crippen molar-refractivity contribution in [2.24, 2.45) is 0 Å². The third-order valence-electron chi connectivity index (χ3n) is 1.82. The van der Waals surface area contributed by atoms with Crippen molar-refractivity contribution in [3.8, 4) is 11.8 Å². The van der Waals surface area contributed by atoms with Crippen LogP contribution in [0.4, 0.5) is 8.78 Å². The van der Waals surface area contributed by atoms with Crippen molar-refractivity contribution in [3.63, 3.8) is 0 Å². The third kappa shape index (κ3) is 3.67. The van der Waals surface area contributed by atoms with Crippen molar-refractivity contribution < 1.29 is 13.6 Å². The summed E-state index contributed by atoms with van der Waals surface area (Å²) in [6.07, 6.45) is 0. The molecule has 0 saturated heterocycles. The fraction of sp³-hybridized carbons (Fsp3) is 0.250. The summed E-state index contributed by atoms with van der Waals surface area (Å²) in [6, 6.07) is 2.17. The van der Waals surface area contributed by atoms with Crippen molar-refractivity contribution in [1.29, 1.82) is 0 Å². The maximum Gasteiger partial charge on any atom is 0.186 e. The summed E-state index contributed by atoms with van der Waals surface area (Å²) < 4.78 is 26.1. The monoisotopic (exact) mass is 240 g/mol. The number of halogens is 2. The lowest BCUT2D eigenvalue weighted by atomic mass is 10.1. The van der Waals surface area contributed by atoms with E-state index in [0.29, 0.717) is 11.3 Å². The molecular formula is C12H10F2OS. The molecule has 0 aliphatic heterocycles. The second-order valence-electron chi connectivity index (χ2n) is 3.16. The minimum Gasteiger partial charge on any atom is -0.288 e. The molecule has 16 heavy (non-hydrogen) atoms. The molecule has 0 amide bonds. The van der Waals surface area contributed by atoms with Gasteiger partial charge in [0.05, 0.1) is 11.3 Å². The van der Waals surface area contributed by atoms with E-state index in [1.165, 1.54) is 13.0 Å². The van der Waals surface area contributed by atoms with Crippen LogP contribution in [0.1, 0.15) is 18.1 Å². The Morgan fingerprint density at radius 1 is 1.38 bits per heavy atom. The van der Waals surface area contributed by atoms with Crippen LogP contribution in [-0.2, 0) is 4.79 Å². The summed E-state index contributed by atoms with van der Waals surface area (Å²) in [5.41, 5.74) is 0.507. The van der Waals surface area contributed by atoms with Crippen LogP contribution in [0.25, 0.3) is 0 Å². The molecule has 0 spiro atoms. The number of rotatable bonds is 1. The van der Waals surface area contributed by atoms with Crippen LogP contribution in [0.5, 0.6) is 0 Å². The lowest BCUT2D eigenvalue weighted by Crippen LogP contribution is -1.90. The molecule has 0 radical (unpaired) electrons. The predicted octanol–water partition coefficient (Wildman–Crippen LogP) is 2.90. The highest BCUT2D eigenvalue weighted by Gasteiger charge is 2.04. The maximum absolute atomic E-state index is 13.2. The SMILES string of the molecule is CC(=O)SCC#Cc1cc(C)c(F)cc1F. The zero-order chi connectivity index (χ0) is 12.1. The minimum atomic E-state index is -0.677. The molecule has 0 atom stereocenters. The van der Waals surface area contributed by atoms with Crippen LogP contribution < -0.4 is 0 Å². The molecule has 0 fully saturated rings. The average molecular weight is 240 g/mol. The fourth-order valence-electron chi connectivity index (χ4n) is 1.02. The van der Waals surface area contributed by atoms with Crippen molar-refractivity contribution in [1.82, 2.24) is 0 Å². The van der Waals surface area contributed by atoms with Gasteiger partial charge in [-0.2, -0.15) is 0 Å². The van der Waals surface area contributed by atoms with Crippen molar-refractivity contribution in [3.05, 3.63) is 34.9 Å². The summed E-state index contributed by atoms with van der Waals surface area (Å²) in [4.78, 5) is 10.6. The number of thioether (sulfide) groups is 1. The van der Waals surface area contributed by atoms with Crippen LogP contribution in [0.15, 0.2) is 12.1 Å². The Morgan fingerprint density at radius 2 is 2.06 bits per heavy atom. The first-order valence-electron chi connectivity index (χ1n) is 4.58. The highest BCUT2D eigenvalue weighted by molar-refractivity contribution is 8.13. The summed E-state index contributed by atoms with van der Waals surface area (Å²) in [5.74, 6) is 4.27. The van der Waals surface area contributed by atoms with Crippen molar-refractivity contribution >= 4 is 16.9 Å². The molecule has 1 aromatic rings. The first-order chi connectivity index (χ1) is 7.50. The molecule has 0 aliphatic carbocycles. The molecule has 0 heterocycles. The van der Waals surface area contributed by atoms with E-state index in [-0.39, 0.29) is 10.7 Å². The highest BCUT2D eigenvalue weighted by atomic mass is 32.2. The first-order valence-corrected chi connectivity index (χ1v) is 5.57. The average Bonchev–Trinajstić information content (AvgIpc) is 2.19. The largest absolute Gasteiger partial charge is 0.288 e. The summed E-state index contributed by atoms with van der Waals surface area (Å²) in [7, 11) is 0. The van der Waals surface area contributed by atoms with E-state index < -0.39 is 11.6 Å². The molecule has 1 aromatic carbocycles. The number of aryl methyl sites for hydroxylation is 1. The standard InChI is InChI=1S/C12H10F2OS/c1-8-6-10(12(14)7-11(8)13)4-3-5-16-9(2)15/h6-7H,5H2,1-2H3. The van der Waals surface area contributed by atoms with Crippen LogP contribution >= 0.6 is 11.8 Å². The molecule has 0 bridgehead atoms. The lowest BCUT2D eigenvalue weighted by Gasteiger charge is -1.98. The van der Waals surface area contributed by atoms with Crippen LogP contribution in [0, 0.1) is 30.4 Å². The van der Waals surface area contributed by atoms with Gasteiger partial charge < -0.3 is 0 Å². The molecule has 84 valence electrons. The lowest BCUT2D eigenvalue weighted by molar-refractivity contribution is -0.109. The molecule has 0 saturated carbocycles. The molecule has 4 heteroatoms. The normalized spacial score (nSPS) is 9.50. The Morgan fingerprint density at radius 3 is 2.69 bits per heavy atom. The zero-order valence-corrected chi connectivity index (χ0v) is 9.75. The number of hydrogen-bond donors (Lipinski definition) is 0. The molecule has 1 rings (SSSR count). The van der Waals surface area contributed by atoms with E-state index >= 15 is 0 Å². The molecule has 0 aromatic heterocycles. The molecular weight excluding hydrogens is 230 g/mol. The van der Waals surface area contributed by atoms with Crippen LogP contribution in [-0.4, -0.2) is 10.9 Å². The Bertz CT molecular complexity index is 472. The van der Waals surface area contributed by atoms with Gasteiger partial charge in [-0.1, -0.05) is 23.6 Å². The Kier molecular flexibility index (Phi) is 4.51. The van der Waals surface area contributed by atoms with Crippen molar-refractivity contribution in [2.45, 2.75) is 13.8 Å². The Hall–Kier alpha value is -1.34. The van der Waals surface area contributed by atoms with Gasteiger partial charge in [-0.05, 0) is 18.6 Å². The van der Waals surface area contributed by atoms with Crippen LogP contribution in [0.2, 0.25) is 0 Å². The number of carbonyl (C=O) groups excluding carboxylic acids is 1. The van der Waals surface area contributed by atoms with Gasteiger partial charge in [0.15, 0.2) is 5.12 Å². The van der Waals surface area contributed by atoms with E-state index in [1.807, 2.05) is 0 Å². The highest BCUT2D eigenvalue weighted by Crippen LogP contribution is 2.13. The van der Waals surface area contributed by atoms with Gasteiger partial charge in [0.25, 0.3) is 0 Å². The van der Waals surface area contributed by atoms with Gasteiger partial charge in [0.2, 0.25) is 0 Å². The second kappa shape index (κ2) is 5.66. The van der Waals surface area contributed by atoms with E-state index in [0.717, 1.165) is 17.8 Å². The Labute approximate surface area is 97.2 Å². The quantitative estimate of drug-likeness (QED) is 0.702. The van der Waals surface area contributed by atoms with Gasteiger partial charge in [0.1, 0.15) is 11.6 Å². The molecule has 1 nitrogen and oxygen atoms in total. The second-order valence-corrected chi connectivity index (χ2v) is 4.32. The first kappa shape index (κ1) is 12.7. The predicted molar refractivity (Wildman–Crippen MR) is 61.1 cm³/mol. The topological polar surface area (TPSA) is 17.1 Å². The van der Waals surface area contributed by atoms with E-state index in [2.05, 4.69) is 11.8 Å². The zero-order valence-electron chi connectivity index (χ0n) is 8.93. The van der Waals surface area contributed by atoms with Gasteiger partial charge in [-0.25, -0.2) is 8.78 Å². The molecule has 0 unspecified atom stereocenters. The van der Waals surface area contributed by atoms with Gasteiger partial charge >= 0.3 is 0 Å². The Balaban J connectivity index is 2.81.